The number of nitro groups is 1. The maximum absolute atomic E-state index is 12.6. The standard InChI is InChI=1S/C20H18N4O6S2/c1-15-6-10-18(11-7-15)31(27,28)22-20-5-3-2-4-16(20)14-21-23-32(29,30)19-12-8-17(9-13-19)24(25)26/h2-14,22-23H,1H3/b21-14+. The molecule has 0 fully saturated rings. The molecule has 32 heavy (non-hydrogen) atoms. The molecular weight excluding hydrogens is 456 g/mol. The summed E-state index contributed by atoms with van der Waals surface area (Å²) < 4.78 is 52.4. The Balaban J connectivity index is 1.78. The van der Waals surface area contributed by atoms with Gasteiger partial charge in [-0.05, 0) is 37.3 Å². The third-order valence-corrected chi connectivity index (χ3v) is 6.89. The summed E-state index contributed by atoms with van der Waals surface area (Å²) in [6.45, 7) is 1.84. The average Bonchev–Trinajstić information content (AvgIpc) is 2.75. The number of nitrogens with one attached hydrogen (secondary N) is 2. The summed E-state index contributed by atoms with van der Waals surface area (Å²) in [4.78, 5) is 11.9. The molecule has 3 rings (SSSR count). The highest BCUT2D eigenvalue weighted by atomic mass is 32.2. The molecule has 0 aliphatic heterocycles. The second-order valence-corrected chi connectivity index (χ2v) is 9.95. The summed E-state index contributed by atoms with van der Waals surface area (Å²) in [5.74, 6) is 0. The number of benzene rings is 3. The van der Waals surface area contributed by atoms with Crippen LogP contribution in [0.25, 0.3) is 0 Å². The number of nitro benzene ring substituents is 1. The van der Waals surface area contributed by atoms with Crippen molar-refractivity contribution in [2.45, 2.75) is 16.7 Å². The van der Waals surface area contributed by atoms with Gasteiger partial charge in [0.25, 0.3) is 25.7 Å². The van der Waals surface area contributed by atoms with E-state index in [1.807, 2.05) is 11.8 Å². The molecular formula is C20H18N4O6S2. The van der Waals surface area contributed by atoms with Gasteiger partial charge >= 0.3 is 0 Å². The van der Waals surface area contributed by atoms with E-state index in [2.05, 4.69) is 9.82 Å². The number of nitrogens with zero attached hydrogens (tertiary/aromatic N) is 2. The molecule has 2 N–H and O–H groups in total. The Hall–Kier alpha value is -3.77. The first-order valence-electron chi connectivity index (χ1n) is 9.06. The van der Waals surface area contributed by atoms with Gasteiger partial charge in [0, 0.05) is 17.7 Å². The highest BCUT2D eigenvalue weighted by molar-refractivity contribution is 7.92. The number of non-ortho nitro benzene ring substituents is 1. The molecule has 12 heteroatoms. The van der Waals surface area contributed by atoms with Gasteiger partial charge in [0.1, 0.15) is 0 Å². The summed E-state index contributed by atoms with van der Waals surface area (Å²) in [6, 6.07) is 16.9. The maximum Gasteiger partial charge on any atom is 0.276 e. The Morgan fingerprint density at radius 2 is 1.41 bits per heavy atom. The molecule has 0 saturated heterocycles. The fraction of sp³-hybridized carbons (Fsp3) is 0.0500. The molecule has 10 nitrogen and oxygen atoms in total. The van der Waals surface area contributed by atoms with E-state index in [0.717, 1.165) is 36.0 Å². The van der Waals surface area contributed by atoms with Crippen molar-refractivity contribution < 1.29 is 21.8 Å². The van der Waals surface area contributed by atoms with Crippen molar-refractivity contribution in [3.63, 3.8) is 0 Å². The van der Waals surface area contributed by atoms with Crippen molar-refractivity contribution in [1.29, 1.82) is 0 Å². The van der Waals surface area contributed by atoms with Gasteiger partial charge in [-0.3, -0.25) is 14.8 Å². The van der Waals surface area contributed by atoms with Gasteiger partial charge in [-0.15, -0.1) is 0 Å². The van der Waals surface area contributed by atoms with Crippen molar-refractivity contribution >= 4 is 37.6 Å². The summed E-state index contributed by atoms with van der Waals surface area (Å²) in [5, 5.41) is 14.4. The number of para-hydroxylation sites is 1. The van der Waals surface area contributed by atoms with E-state index < -0.39 is 25.0 Å². The molecule has 0 spiro atoms. The van der Waals surface area contributed by atoms with E-state index >= 15 is 0 Å². The molecule has 0 unspecified atom stereocenters. The van der Waals surface area contributed by atoms with Crippen LogP contribution in [-0.2, 0) is 20.0 Å². The molecule has 0 radical (unpaired) electrons. The van der Waals surface area contributed by atoms with E-state index in [1.54, 1.807) is 30.3 Å². The van der Waals surface area contributed by atoms with E-state index in [9.17, 15) is 26.9 Å². The topological polar surface area (TPSA) is 148 Å². The van der Waals surface area contributed by atoms with Gasteiger partial charge in [-0.1, -0.05) is 35.9 Å². The lowest BCUT2D eigenvalue weighted by atomic mass is 10.2. The van der Waals surface area contributed by atoms with Crippen LogP contribution >= 0.6 is 0 Å². The minimum Gasteiger partial charge on any atom is -0.279 e. The van der Waals surface area contributed by atoms with Crippen LogP contribution < -0.4 is 9.55 Å². The van der Waals surface area contributed by atoms with Crippen LogP contribution in [0.2, 0.25) is 0 Å². The SMILES string of the molecule is Cc1ccc(S(=O)(=O)Nc2ccccc2/C=N/NS(=O)(=O)c2ccc([N+](=O)[O-])cc2)cc1. The van der Waals surface area contributed by atoms with Crippen molar-refractivity contribution in [2.24, 2.45) is 5.10 Å². The predicted molar refractivity (Wildman–Crippen MR) is 119 cm³/mol. The molecule has 0 aromatic heterocycles. The first kappa shape index (κ1) is 22.9. The van der Waals surface area contributed by atoms with Crippen LogP contribution in [0.4, 0.5) is 11.4 Å². The number of hydrogen-bond donors (Lipinski definition) is 2. The molecule has 0 aliphatic rings. The summed E-state index contributed by atoms with van der Waals surface area (Å²) in [6.07, 6.45) is 1.15. The van der Waals surface area contributed by atoms with Gasteiger partial charge in [-0.25, -0.2) is 13.2 Å². The highest BCUT2D eigenvalue weighted by Crippen LogP contribution is 2.20. The normalized spacial score (nSPS) is 11.9. The van der Waals surface area contributed by atoms with Gasteiger partial charge in [0.2, 0.25) is 0 Å². The van der Waals surface area contributed by atoms with Crippen LogP contribution in [0.1, 0.15) is 11.1 Å². The molecule has 0 saturated carbocycles. The predicted octanol–water partition coefficient (Wildman–Crippen LogP) is 3.02. The fourth-order valence-electron chi connectivity index (χ4n) is 2.59. The van der Waals surface area contributed by atoms with Crippen molar-refractivity contribution in [1.82, 2.24) is 4.83 Å². The first-order valence-corrected chi connectivity index (χ1v) is 12.0. The zero-order valence-corrected chi connectivity index (χ0v) is 18.3. The first-order chi connectivity index (χ1) is 15.1. The minimum absolute atomic E-state index is 0.0775. The Bertz CT molecular complexity index is 1370. The smallest absolute Gasteiger partial charge is 0.276 e. The lowest BCUT2D eigenvalue weighted by Crippen LogP contribution is -2.18. The van der Waals surface area contributed by atoms with Crippen LogP contribution in [-0.4, -0.2) is 28.0 Å². The van der Waals surface area contributed by atoms with Crippen LogP contribution in [0.15, 0.2) is 87.7 Å². The second-order valence-electron chi connectivity index (χ2n) is 6.61. The Morgan fingerprint density at radius 3 is 2.03 bits per heavy atom. The highest BCUT2D eigenvalue weighted by Gasteiger charge is 2.16. The van der Waals surface area contributed by atoms with Crippen molar-refractivity contribution in [2.75, 3.05) is 4.72 Å². The Morgan fingerprint density at radius 1 is 0.844 bits per heavy atom. The zero-order chi connectivity index (χ0) is 23.4. The summed E-state index contributed by atoms with van der Waals surface area (Å²) in [5.41, 5.74) is 1.18. The van der Waals surface area contributed by atoms with Crippen LogP contribution in [0.5, 0.6) is 0 Å². The van der Waals surface area contributed by atoms with Crippen LogP contribution in [0.3, 0.4) is 0 Å². The second kappa shape index (κ2) is 9.16. The molecule has 3 aromatic carbocycles. The monoisotopic (exact) mass is 474 g/mol. The number of hydrazone groups is 1. The molecule has 3 aromatic rings. The van der Waals surface area contributed by atoms with E-state index in [4.69, 9.17) is 0 Å². The average molecular weight is 475 g/mol. The zero-order valence-electron chi connectivity index (χ0n) is 16.7. The lowest BCUT2D eigenvalue weighted by Gasteiger charge is -2.11. The Labute approximate surface area is 184 Å². The fourth-order valence-corrected chi connectivity index (χ4v) is 4.47. The number of anilines is 1. The van der Waals surface area contributed by atoms with E-state index in [-0.39, 0.29) is 21.2 Å². The van der Waals surface area contributed by atoms with Crippen LogP contribution in [0, 0.1) is 17.0 Å². The van der Waals surface area contributed by atoms with Gasteiger partial charge in [0.15, 0.2) is 0 Å². The maximum atomic E-state index is 12.6. The molecule has 166 valence electrons. The van der Waals surface area contributed by atoms with Gasteiger partial charge < -0.3 is 0 Å². The molecule has 0 amide bonds. The number of rotatable bonds is 8. The van der Waals surface area contributed by atoms with Gasteiger partial charge in [-0.2, -0.15) is 13.5 Å². The molecule has 0 bridgehead atoms. The minimum atomic E-state index is -4.08. The summed E-state index contributed by atoms with van der Waals surface area (Å²) in [7, 11) is -7.94. The molecule has 0 atom stereocenters. The largest absolute Gasteiger partial charge is 0.279 e. The molecule has 0 heterocycles. The van der Waals surface area contributed by atoms with Gasteiger partial charge in [0.05, 0.1) is 26.6 Å². The third-order valence-electron chi connectivity index (χ3n) is 4.27. The van der Waals surface area contributed by atoms with E-state index in [0.29, 0.717) is 5.56 Å². The number of hydrogen-bond acceptors (Lipinski definition) is 7. The van der Waals surface area contributed by atoms with Crippen molar-refractivity contribution in [3.05, 3.63) is 94.0 Å². The molecule has 0 aliphatic carbocycles. The van der Waals surface area contributed by atoms with E-state index in [1.165, 1.54) is 18.2 Å². The van der Waals surface area contributed by atoms with Crippen molar-refractivity contribution in [3.8, 4) is 0 Å². The Kier molecular flexibility index (Phi) is 6.55. The lowest BCUT2D eigenvalue weighted by molar-refractivity contribution is -0.384. The third kappa shape index (κ3) is 5.47. The number of sulfonamides is 2. The quantitative estimate of drug-likeness (QED) is 0.291. The summed E-state index contributed by atoms with van der Waals surface area (Å²) >= 11 is 0. The number of aryl methyl sites for hydroxylation is 1.